The van der Waals surface area contributed by atoms with Gasteiger partial charge in [-0.05, 0) is 41.8 Å². The lowest BCUT2D eigenvalue weighted by Gasteiger charge is -2.39. The minimum absolute atomic E-state index is 0.0746. The van der Waals surface area contributed by atoms with Crippen LogP contribution in [0.15, 0.2) is 84.0 Å². The molecule has 164 valence electrons. The maximum absolute atomic E-state index is 13.9. The van der Waals surface area contributed by atoms with Crippen LogP contribution in [0.3, 0.4) is 0 Å². The molecule has 0 saturated carbocycles. The minimum atomic E-state index is -0.911. The maximum atomic E-state index is 13.9. The van der Waals surface area contributed by atoms with Crippen LogP contribution in [0.1, 0.15) is 11.1 Å². The third-order valence-electron chi connectivity index (χ3n) is 6.52. The smallest absolute Gasteiger partial charge is 0.257 e. The monoisotopic (exact) mass is 430 g/mol. The number of fused-ring (bicyclic) bond motifs is 1. The topological polar surface area (TPSA) is 39.2 Å². The number of benzene rings is 2. The molecule has 3 heterocycles. The van der Waals surface area contributed by atoms with Crippen LogP contribution >= 0.6 is 0 Å². The summed E-state index contributed by atoms with van der Waals surface area (Å²) in [7, 11) is 0. The first-order chi connectivity index (χ1) is 15.6. The van der Waals surface area contributed by atoms with Crippen LogP contribution in [-0.2, 0) is 16.8 Å². The highest BCUT2D eigenvalue weighted by atomic mass is 19.1. The SMILES string of the molecule is O=C(N1CCN(CCc2ccc(F)cc2)CC1)C1(c2ccccc2)CN2C=CC=CC2=N1. The molecule has 2 aromatic rings. The second-order valence-electron chi connectivity index (χ2n) is 8.54. The lowest BCUT2D eigenvalue weighted by atomic mass is 9.89. The first-order valence-electron chi connectivity index (χ1n) is 11.2. The second-order valence-corrected chi connectivity index (χ2v) is 8.54. The number of allylic oxidation sites excluding steroid dienone is 2. The van der Waals surface area contributed by atoms with Crippen molar-refractivity contribution in [2.75, 3.05) is 39.3 Å². The van der Waals surface area contributed by atoms with Crippen LogP contribution in [0.4, 0.5) is 4.39 Å². The molecule has 0 radical (unpaired) electrons. The van der Waals surface area contributed by atoms with E-state index in [1.54, 1.807) is 0 Å². The lowest BCUT2D eigenvalue weighted by Crippen LogP contribution is -2.55. The van der Waals surface area contributed by atoms with E-state index in [0.717, 1.165) is 43.0 Å². The number of nitrogens with zero attached hydrogens (tertiary/aromatic N) is 4. The summed E-state index contributed by atoms with van der Waals surface area (Å²) in [5.41, 5.74) is 1.16. The van der Waals surface area contributed by atoms with Crippen molar-refractivity contribution in [1.82, 2.24) is 14.7 Å². The Hall–Kier alpha value is -3.25. The summed E-state index contributed by atoms with van der Waals surface area (Å²) in [4.78, 5) is 25.2. The summed E-state index contributed by atoms with van der Waals surface area (Å²) in [5.74, 6) is 0.707. The van der Waals surface area contributed by atoms with Crippen LogP contribution in [0.5, 0.6) is 0 Å². The first kappa shape index (κ1) is 20.6. The molecule has 6 heteroatoms. The fraction of sp³-hybridized carbons (Fsp3) is 0.308. The van der Waals surface area contributed by atoms with E-state index in [9.17, 15) is 9.18 Å². The Morgan fingerprint density at radius 1 is 0.969 bits per heavy atom. The van der Waals surface area contributed by atoms with E-state index in [1.807, 2.05) is 71.8 Å². The molecule has 32 heavy (non-hydrogen) atoms. The highest BCUT2D eigenvalue weighted by Crippen LogP contribution is 2.36. The van der Waals surface area contributed by atoms with Crippen LogP contribution in [0.25, 0.3) is 0 Å². The molecular weight excluding hydrogens is 403 g/mol. The van der Waals surface area contributed by atoms with Gasteiger partial charge in [-0.1, -0.05) is 48.5 Å². The van der Waals surface area contributed by atoms with Crippen molar-refractivity contribution >= 4 is 11.7 Å². The Morgan fingerprint density at radius 3 is 2.44 bits per heavy atom. The van der Waals surface area contributed by atoms with Gasteiger partial charge in [-0.25, -0.2) is 9.38 Å². The fourth-order valence-corrected chi connectivity index (χ4v) is 4.66. The average Bonchev–Trinajstić information content (AvgIpc) is 3.25. The normalized spacial score (nSPS) is 22.7. The summed E-state index contributed by atoms with van der Waals surface area (Å²) in [5, 5.41) is 0. The number of amides is 1. The molecule has 3 aliphatic rings. The van der Waals surface area contributed by atoms with Gasteiger partial charge in [-0.2, -0.15) is 0 Å². The summed E-state index contributed by atoms with van der Waals surface area (Å²) in [6.45, 7) is 4.47. The van der Waals surface area contributed by atoms with Crippen LogP contribution in [-0.4, -0.2) is 65.7 Å². The van der Waals surface area contributed by atoms with Crippen LogP contribution in [0.2, 0.25) is 0 Å². The molecule has 0 N–H and O–H groups in total. The number of rotatable bonds is 5. The highest BCUT2D eigenvalue weighted by molar-refractivity contribution is 6.02. The molecule has 5 rings (SSSR count). The zero-order chi connectivity index (χ0) is 22.0. The van der Waals surface area contributed by atoms with Gasteiger partial charge in [0.2, 0.25) is 0 Å². The predicted octanol–water partition coefficient (Wildman–Crippen LogP) is 3.21. The largest absolute Gasteiger partial charge is 0.338 e. The van der Waals surface area contributed by atoms with Gasteiger partial charge in [0.25, 0.3) is 5.91 Å². The number of carbonyl (C=O) groups is 1. The lowest BCUT2D eigenvalue weighted by molar-refractivity contribution is -0.138. The summed E-state index contributed by atoms with van der Waals surface area (Å²) in [6.07, 6.45) is 8.77. The zero-order valence-corrected chi connectivity index (χ0v) is 18.0. The van der Waals surface area contributed by atoms with Crippen molar-refractivity contribution in [3.63, 3.8) is 0 Å². The number of aliphatic imine (C=N–C) groups is 1. The van der Waals surface area contributed by atoms with E-state index >= 15 is 0 Å². The first-order valence-corrected chi connectivity index (χ1v) is 11.2. The van der Waals surface area contributed by atoms with Crippen molar-refractivity contribution in [2.45, 2.75) is 12.0 Å². The van der Waals surface area contributed by atoms with Crippen molar-refractivity contribution in [3.05, 3.63) is 96.0 Å². The van der Waals surface area contributed by atoms with E-state index in [2.05, 4.69) is 9.80 Å². The molecule has 1 saturated heterocycles. The van der Waals surface area contributed by atoms with Crippen molar-refractivity contribution < 1.29 is 9.18 Å². The molecule has 0 aliphatic carbocycles. The number of halogens is 1. The Morgan fingerprint density at radius 2 is 1.72 bits per heavy atom. The quantitative estimate of drug-likeness (QED) is 0.731. The number of hydrogen-bond donors (Lipinski definition) is 0. The van der Waals surface area contributed by atoms with Crippen LogP contribution in [0, 0.1) is 5.82 Å². The molecule has 2 aromatic carbocycles. The standard InChI is InChI=1S/C26H27FN4O/c27-23-11-9-21(10-12-23)13-15-29-16-18-30(19-17-29)25(32)26(22-6-2-1-3-7-22)20-31-14-5-4-8-24(31)28-26/h1-12,14H,13,15-20H2. The van der Waals surface area contributed by atoms with Gasteiger partial charge >= 0.3 is 0 Å². The van der Waals surface area contributed by atoms with Crippen LogP contribution < -0.4 is 0 Å². The van der Waals surface area contributed by atoms with E-state index in [0.29, 0.717) is 19.6 Å². The second kappa shape index (κ2) is 8.71. The Kier molecular flexibility index (Phi) is 5.62. The van der Waals surface area contributed by atoms with Gasteiger partial charge in [0.1, 0.15) is 11.7 Å². The molecule has 1 fully saturated rings. The van der Waals surface area contributed by atoms with Gasteiger partial charge in [0.15, 0.2) is 5.54 Å². The molecule has 3 aliphatic heterocycles. The molecule has 0 aromatic heterocycles. The number of amidine groups is 1. The molecular formula is C26H27FN4O. The fourth-order valence-electron chi connectivity index (χ4n) is 4.66. The molecule has 5 nitrogen and oxygen atoms in total. The zero-order valence-electron chi connectivity index (χ0n) is 18.0. The molecule has 0 bridgehead atoms. The van der Waals surface area contributed by atoms with Crippen molar-refractivity contribution in [1.29, 1.82) is 0 Å². The summed E-state index contributed by atoms with van der Waals surface area (Å²) in [6, 6.07) is 16.6. The van der Waals surface area contributed by atoms with Gasteiger partial charge < -0.3 is 9.80 Å². The number of hydrogen-bond acceptors (Lipinski definition) is 4. The average molecular weight is 431 g/mol. The van der Waals surface area contributed by atoms with E-state index in [1.165, 1.54) is 12.1 Å². The Labute approximate surface area is 188 Å². The van der Waals surface area contributed by atoms with Gasteiger partial charge in [0.05, 0.1) is 6.54 Å². The van der Waals surface area contributed by atoms with E-state index < -0.39 is 5.54 Å². The van der Waals surface area contributed by atoms with Crippen molar-refractivity contribution in [3.8, 4) is 0 Å². The molecule has 1 atom stereocenters. The summed E-state index contributed by atoms with van der Waals surface area (Å²) >= 11 is 0. The number of piperazine rings is 1. The molecule has 0 spiro atoms. The molecule has 1 amide bonds. The highest BCUT2D eigenvalue weighted by Gasteiger charge is 2.48. The van der Waals surface area contributed by atoms with Gasteiger partial charge in [0, 0.05) is 38.9 Å². The van der Waals surface area contributed by atoms with E-state index in [4.69, 9.17) is 4.99 Å². The van der Waals surface area contributed by atoms with E-state index in [-0.39, 0.29) is 11.7 Å². The Balaban J connectivity index is 1.27. The third-order valence-corrected chi connectivity index (χ3v) is 6.52. The number of carbonyl (C=O) groups excluding carboxylic acids is 1. The third kappa shape index (κ3) is 3.98. The van der Waals surface area contributed by atoms with Crippen molar-refractivity contribution in [2.24, 2.45) is 4.99 Å². The predicted molar refractivity (Wildman–Crippen MR) is 124 cm³/mol. The maximum Gasteiger partial charge on any atom is 0.257 e. The van der Waals surface area contributed by atoms with Gasteiger partial charge in [-0.3, -0.25) is 9.69 Å². The Bertz CT molecular complexity index is 1050. The van der Waals surface area contributed by atoms with Gasteiger partial charge in [-0.15, -0.1) is 0 Å². The summed E-state index contributed by atoms with van der Waals surface area (Å²) < 4.78 is 13.1. The minimum Gasteiger partial charge on any atom is -0.338 e. The molecule has 1 unspecified atom stereocenters.